The van der Waals surface area contributed by atoms with Gasteiger partial charge in [0, 0.05) is 6.42 Å². The number of nitrogens with two attached hydrogens (primary N) is 1. The molecule has 3 amide bonds. The van der Waals surface area contributed by atoms with Gasteiger partial charge in [-0.05, 0) is 49.0 Å². The summed E-state index contributed by atoms with van der Waals surface area (Å²) in [7, 11) is 0. The van der Waals surface area contributed by atoms with Crippen molar-refractivity contribution < 1.29 is 29.4 Å². The molecule has 0 spiro atoms. The summed E-state index contributed by atoms with van der Waals surface area (Å²) in [4.78, 5) is 49.6. The van der Waals surface area contributed by atoms with Gasteiger partial charge in [-0.2, -0.15) is 11.8 Å². The van der Waals surface area contributed by atoms with E-state index in [0.29, 0.717) is 17.7 Å². The number of amides is 3. The van der Waals surface area contributed by atoms with Gasteiger partial charge in [-0.15, -0.1) is 0 Å². The Morgan fingerprint density at radius 3 is 1.97 bits per heavy atom. The number of aromatic hydroxyl groups is 1. The predicted octanol–water partition coefficient (Wildman–Crippen LogP) is 0.230. The van der Waals surface area contributed by atoms with Crippen molar-refractivity contribution in [3.63, 3.8) is 0 Å². The second-order valence-electron chi connectivity index (χ2n) is 8.13. The van der Waals surface area contributed by atoms with Crippen molar-refractivity contribution in [2.75, 3.05) is 12.0 Å². The van der Waals surface area contributed by atoms with Gasteiger partial charge in [0.15, 0.2) is 0 Å². The van der Waals surface area contributed by atoms with E-state index in [1.54, 1.807) is 26.0 Å². The van der Waals surface area contributed by atoms with Crippen molar-refractivity contribution in [3.05, 3.63) is 29.8 Å². The Labute approximate surface area is 198 Å². The third-order valence-electron chi connectivity index (χ3n) is 4.90. The van der Waals surface area contributed by atoms with E-state index in [1.165, 1.54) is 30.8 Å². The van der Waals surface area contributed by atoms with E-state index in [4.69, 9.17) is 5.73 Å². The standard InChI is InChI=1S/C22H34N4O6S/c1-12(2)18(22(31)32)26-21(30)17(11-14-5-7-15(27)8-6-14)25-20(29)16(9-10-33-4)24-19(28)13(3)23/h5-8,12-13,16-18,27H,9-11,23H2,1-4H3,(H,24,28)(H,25,29)(H,26,30)(H,31,32). The highest BCUT2D eigenvalue weighted by Crippen LogP contribution is 2.13. The monoisotopic (exact) mass is 482 g/mol. The minimum atomic E-state index is -1.19. The fraction of sp³-hybridized carbons (Fsp3) is 0.545. The van der Waals surface area contributed by atoms with Crippen LogP contribution in [0, 0.1) is 5.92 Å². The molecule has 1 aromatic carbocycles. The number of hydrogen-bond donors (Lipinski definition) is 6. The van der Waals surface area contributed by atoms with Gasteiger partial charge < -0.3 is 31.9 Å². The van der Waals surface area contributed by atoms with Gasteiger partial charge in [-0.1, -0.05) is 26.0 Å². The number of nitrogens with one attached hydrogen (secondary N) is 3. The molecule has 0 radical (unpaired) electrons. The summed E-state index contributed by atoms with van der Waals surface area (Å²) in [5.74, 6) is -2.67. The molecule has 0 aliphatic carbocycles. The van der Waals surface area contributed by atoms with Gasteiger partial charge in [-0.3, -0.25) is 14.4 Å². The molecule has 4 unspecified atom stereocenters. The number of carbonyl (C=O) groups is 4. The van der Waals surface area contributed by atoms with Crippen LogP contribution in [0.5, 0.6) is 5.75 Å². The Bertz CT molecular complexity index is 816. The van der Waals surface area contributed by atoms with Crippen LogP contribution in [0.1, 0.15) is 32.8 Å². The van der Waals surface area contributed by atoms with Gasteiger partial charge in [0.25, 0.3) is 0 Å². The summed E-state index contributed by atoms with van der Waals surface area (Å²) in [6.07, 6.45) is 2.24. The van der Waals surface area contributed by atoms with Crippen LogP contribution < -0.4 is 21.7 Å². The van der Waals surface area contributed by atoms with E-state index in [2.05, 4.69) is 16.0 Å². The normalized spacial score (nSPS) is 14.6. The molecule has 4 atom stereocenters. The number of carboxylic acid groups (broad SMARTS) is 1. The van der Waals surface area contributed by atoms with Gasteiger partial charge >= 0.3 is 5.97 Å². The number of phenolic OH excluding ortho intramolecular Hbond substituents is 1. The van der Waals surface area contributed by atoms with E-state index in [0.717, 1.165) is 0 Å². The summed E-state index contributed by atoms with van der Waals surface area (Å²) < 4.78 is 0. The molecule has 1 rings (SSSR count). The zero-order valence-corrected chi connectivity index (χ0v) is 20.1. The molecule has 0 saturated heterocycles. The molecule has 0 fully saturated rings. The zero-order chi connectivity index (χ0) is 25.1. The van der Waals surface area contributed by atoms with E-state index >= 15 is 0 Å². The average Bonchev–Trinajstić information content (AvgIpc) is 2.74. The Morgan fingerprint density at radius 2 is 1.48 bits per heavy atom. The third kappa shape index (κ3) is 9.70. The van der Waals surface area contributed by atoms with Gasteiger partial charge in [0.1, 0.15) is 23.9 Å². The van der Waals surface area contributed by atoms with E-state index < -0.39 is 47.9 Å². The lowest BCUT2D eigenvalue weighted by Gasteiger charge is -2.26. The first-order valence-corrected chi connectivity index (χ1v) is 12.0. The van der Waals surface area contributed by atoms with E-state index in [9.17, 15) is 29.4 Å². The number of benzene rings is 1. The number of rotatable bonds is 13. The first kappa shape index (κ1) is 28.2. The molecule has 0 aliphatic rings. The topological polar surface area (TPSA) is 171 Å². The van der Waals surface area contributed by atoms with Crippen molar-refractivity contribution in [3.8, 4) is 5.75 Å². The van der Waals surface area contributed by atoms with Crippen molar-refractivity contribution >= 4 is 35.5 Å². The maximum atomic E-state index is 13.0. The zero-order valence-electron chi connectivity index (χ0n) is 19.3. The summed E-state index contributed by atoms with van der Waals surface area (Å²) in [6.45, 7) is 4.82. The molecular formula is C22H34N4O6S. The second kappa shape index (κ2) is 13.7. The largest absolute Gasteiger partial charge is 0.508 e. The lowest BCUT2D eigenvalue weighted by Crippen LogP contribution is -2.58. The molecule has 1 aromatic rings. The number of aliphatic carboxylic acids is 1. The number of hydrogen-bond acceptors (Lipinski definition) is 7. The molecule has 0 aromatic heterocycles. The lowest BCUT2D eigenvalue weighted by molar-refractivity contribution is -0.143. The molecule has 184 valence electrons. The number of thioether (sulfide) groups is 1. The highest BCUT2D eigenvalue weighted by molar-refractivity contribution is 7.98. The third-order valence-corrected chi connectivity index (χ3v) is 5.54. The van der Waals surface area contributed by atoms with Crippen LogP contribution in [0.2, 0.25) is 0 Å². The number of carbonyl (C=O) groups excluding carboxylic acids is 3. The molecule has 0 aliphatic heterocycles. The van der Waals surface area contributed by atoms with Crippen LogP contribution in [-0.2, 0) is 25.6 Å². The molecule has 0 saturated carbocycles. The maximum Gasteiger partial charge on any atom is 0.326 e. The van der Waals surface area contributed by atoms with Crippen LogP contribution in [-0.4, -0.2) is 70.1 Å². The molecule has 33 heavy (non-hydrogen) atoms. The quantitative estimate of drug-likeness (QED) is 0.232. The Balaban J connectivity index is 3.12. The van der Waals surface area contributed by atoms with E-state index in [-0.39, 0.29) is 18.1 Å². The highest BCUT2D eigenvalue weighted by Gasteiger charge is 2.31. The second-order valence-corrected chi connectivity index (χ2v) is 9.12. The van der Waals surface area contributed by atoms with Crippen LogP contribution in [0.3, 0.4) is 0 Å². The molecule has 0 bridgehead atoms. The summed E-state index contributed by atoms with van der Waals surface area (Å²) in [5, 5.41) is 26.6. The van der Waals surface area contributed by atoms with Crippen molar-refractivity contribution in [1.82, 2.24) is 16.0 Å². The molecule has 7 N–H and O–H groups in total. The smallest absolute Gasteiger partial charge is 0.326 e. The van der Waals surface area contributed by atoms with Crippen LogP contribution in [0.4, 0.5) is 0 Å². The van der Waals surface area contributed by atoms with Gasteiger partial charge in [0.05, 0.1) is 6.04 Å². The molecule has 11 heteroatoms. The maximum absolute atomic E-state index is 13.0. The lowest BCUT2D eigenvalue weighted by atomic mass is 10.0. The van der Waals surface area contributed by atoms with Gasteiger partial charge in [-0.25, -0.2) is 4.79 Å². The molecule has 10 nitrogen and oxygen atoms in total. The minimum absolute atomic E-state index is 0.0466. The summed E-state index contributed by atoms with van der Waals surface area (Å²) >= 11 is 1.50. The fourth-order valence-corrected chi connectivity index (χ4v) is 3.40. The Kier molecular flexibility index (Phi) is 11.7. The Hall–Kier alpha value is -2.79. The van der Waals surface area contributed by atoms with Crippen molar-refractivity contribution in [2.24, 2.45) is 11.7 Å². The van der Waals surface area contributed by atoms with Gasteiger partial charge in [0.2, 0.25) is 17.7 Å². The van der Waals surface area contributed by atoms with Crippen molar-refractivity contribution in [2.45, 2.75) is 57.8 Å². The first-order chi connectivity index (χ1) is 15.5. The summed E-state index contributed by atoms with van der Waals surface area (Å²) in [6, 6.07) is 2.13. The SMILES string of the molecule is CSCCC(NC(=O)C(C)N)C(=O)NC(Cc1ccc(O)cc1)C(=O)NC(C(=O)O)C(C)C. The molecule has 0 heterocycles. The Morgan fingerprint density at radius 1 is 0.939 bits per heavy atom. The fourth-order valence-electron chi connectivity index (χ4n) is 2.92. The number of carboxylic acids is 1. The van der Waals surface area contributed by atoms with Crippen LogP contribution in [0.25, 0.3) is 0 Å². The van der Waals surface area contributed by atoms with E-state index in [1.807, 2.05) is 6.26 Å². The average molecular weight is 483 g/mol. The van der Waals surface area contributed by atoms with Crippen LogP contribution >= 0.6 is 11.8 Å². The number of phenols is 1. The van der Waals surface area contributed by atoms with Crippen molar-refractivity contribution in [1.29, 1.82) is 0 Å². The predicted molar refractivity (Wildman–Crippen MR) is 127 cm³/mol. The highest BCUT2D eigenvalue weighted by atomic mass is 32.2. The summed E-state index contributed by atoms with van der Waals surface area (Å²) in [5.41, 5.74) is 6.24. The first-order valence-electron chi connectivity index (χ1n) is 10.6. The van der Waals surface area contributed by atoms with Crippen LogP contribution in [0.15, 0.2) is 24.3 Å². The molecular weight excluding hydrogens is 448 g/mol. The minimum Gasteiger partial charge on any atom is -0.508 e.